The topological polar surface area (TPSA) is 77.1 Å². The first-order valence-corrected chi connectivity index (χ1v) is 9.28. The molecule has 0 aromatic carbocycles. The maximum Gasteiger partial charge on any atom is 0.242 e. The summed E-state index contributed by atoms with van der Waals surface area (Å²) in [5, 5.41) is 0. The summed E-state index contributed by atoms with van der Waals surface area (Å²) in [6.07, 6.45) is 5.94. The van der Waals surface area contributed by atoms with Crippen LogP contribution in [0.2, 0.25) is 0 Å². The Morgan fingerprint density at radius 1 is 1.43 bits per heavy atom. The average Bonchev–Trinajstić information content (AvgIpc) is 3.11. The van der Waals surface area contributed by atoms with Crippen molar-refractivity contribution in [2.45, 2.75) is 70.0 Å². The summed E-state index contributed by atoms with van der Waals surface area (Å²) in [5.41, 5.74) is 6.56. The van der Waals surface area contributed by atoms with Crippen LogP contribution in [0.5, 0.6) is 0 Å². The van der Waals surface area contributed by atoms with Crippen LogP contribution < -0.4 is 10.5 Å². The second-order valence-corrected chi connectivity index (χ2v) is 7.99. The third-order valence-electron chi connectivity index (χ3n) is 4.11. The maximum absolute atomic E-state index is 12.5. The Morgan fingerprint density at radius 3 is 2.52 bits per heavy atom. The Labute approximate surface area is 128 Å². The smallest absolute Gasteiger partial charge is 0.242 e. The van der Waals surface area contributed by atoms with E-state index in [4.69, 9.17) is 5.73 Å². The summed E-state index contributed by atoms with van der Waals surface area (Å²) in [7, 11) is -3.46. The minimum Gasteiger partial charge on any atom is -0.346 e. The molecule has 120 valence electrons. The third kappa shape index (κ3) is 4.08. The van der Waals surface area contributed by atoms with Gasteiger partial charge >= 0.3 is 0 Å². The van der Waals surface area contributed by atoms with Crippen molar-refractivity contribution in [3.63, 3.8) is 0 Å². The van der Waals surface area contributed by atoms with Crippen LogP contribution in [0.1, 0.15) is 58.2 Å². The summed E-state index contributed by atoms with van der Waals surface area (Å²) in [6.45, 7) is 6.41. The van der Waals surface area contributed by atoms with Crippen molar-refractivity contribution in [1.82, 2.24) is 9.29 Å². The lowest BCUT2D eigenvalue weighted by molar-refractivity contribution is 0.495. The monoisotopic (exact) mass is 313 g/mol. The highest BCUT2D eigenvalue weighted by Gasteiger charge is 2.28. The van der Waals surface area contributed by atoms with E-state index in [0.717, 1.165) is 18.5 Å². The van der Waals surface area contributed by atoms with Crippen LogP contribution >= 0.6 is 0 Å². The van der Waals surface area contributed by atoms with Gasteiger partial charge in [0.25, 0.3) is 0 Å². The van der Waals surface area contributed by atoms with Gasteiger partial charge in [0.2, 0.25) is 10.0 Å². The number of hydrogen-bond donors (Lipinski definition) is 2. The Morgan fingerprint density at radius 2 is 2.10 bits per heavy atom. The van der Waals surface area contributed by atoms with Crippen molar-refractivity contribution in [3.8, 4) is 0 Å². The van der Waals surface area contributed by atoms with E-state index < -0.39 is 10.0 Å². The van der Waals surface area contributed by atoms with Gasteiger partial charge in [0, 0.05) is 30.5 Å². The zero-order valence-electron chi connectivity index (χ0n) is 13.2. The van der Waals surface area contributed by atoms with E-state index in [1.807, 2.05) is 25.3 Å². The molecule has 0 bridgehead atoms. The van der Waals surface area contributed by atoms with Crippen molar-refractivity contribution < 1.29 is 8.42 Å². The van der Waals surface area contributed by atoms with E-state index in [9.17, 15) is 8.42 Å². The Hall–Kier alpha value is -0.850. The summed E-state index contributed by atoms with van der Waals surface area (Å²) in [5.74, 6) is 0.706. The number of sulfonamides is 1. The van der Waals surface area contributed by atoms with Crippen molar-refractivity contribution in [2.24, 2.45) is 11.7 Å². The van der Waals surface area contributed by atoms with Gasteiger partial charge in [-0.05, 0) is 38.7 Å². The fourth-order valence-corrected chi connectivity index (χ4v) is 4.01. The summed E-state index contributed by atoms with van der Waals surface area (Å²) >= 11 is 0. The molecule has 2 rings (SSSR count). The molecule has 0 spiro atoms. The molecule has 1 heterocycles. The van der Waals surface area contributed by atoms with Crippen LogP contribution in [0.25, 0.3) is 0 Å². The lowest BCUT2D eigenvalue weighted by atomic mass is 10.1. The Balaban J connectivity index is 2.17. The number of nitrogens with zero attached hydrogens (tertiary/aromatic N) is 1. The van der Waals surface area contributed by atoms with Gasteiger partial charge in [-0.1, -0.05) is 19.8 Å². The summed E-state index contributed by atoms with van der Waals surface area (Å²) in [4.78, 5) is 0.325. The minimum absolute atomic E-state index is 0.0335. The van der Waals surface area contributed by atoms with Gasteiger partial charge < -0.3 is 10.3 Å². The molecule has 1 saturated carbocycles. The van der Waals surface area contributed by atoms with Gasteiger partial charge in [0.05, 0.1) is 4.90 Å². The lowest BCUT2D eigenvalue weighted by Crippen LogP contribution is -2.34. The van der Waals surface area contributed by atoms with E-state index >= 15 is 0 Å². The fraction of sp³-hybridized carbons (Fsp3) is 0.733. The molecule has 1 unspecified atom stereocenters. The lowest BCUT2D eigenvalue weighted by Gasteiger charge is -2.16. The predicted molar refractivity (Wildman–Crippen MR) is 84.4 cm³/mol. The van der Waals surface area contributed by atoms with Crippen LogP contribution in [0.4, 0.5) is 0 Å². The molecule has 1 fully saturated rings. The van der Waals surface area contributed by atoms with Gasteiger partial charge in [-0.3, -0.25) is 0 Å². The molecule has 21 heavy (non-hydrogen) atoms. The van der Waals surface area contributed by atoms with Crippen LogP contribution in [-0.2, 0) is 16.6 Å². The van der Waals surface area contributed by atoms with Gasteiger partial charge in [-0.25, -0.2) is 13.1 Å². The molecule has 0 amide bonds. The Bertz CT molecular complexity index is 574. The second-order valence-electron chi connectivity index (χ2n) is 6.28. The van der Waals surface area contributed by atoms with Crippen molar-refractivity contribution in [3.05, 3.63) is 18.0 Å². The first kappa shape index (κ1) is 16.5. The SMILES string of the molecule is CCC(CC1CC1)NS(=O)(=O)c1cc(CN)n(C(C)C)c1. The van der Waals surface area contributed by atoms with Gasteiger partial charge in [0.1, 0.15) is 0 Å². The highest BCUT2D eigenvalue weighted by Crippen LogP contribution is 2.34. The highest BCUT2D eigenvalue weighted by molar-refractivity contribution is 7.89. The second kappa shape index (κ2) is 6.50. The van der Waals surface area contributed by atoms with Crippen LogP contribution in [0.3, 0.4) is 0 Å². The van der Waals surface area contributed by atoms with E-state index in [-0.39, 0.29) is 12.1 Å². The average molecular weight is 313 g/mol. The Kier molecular flexibility index (Phi) is 5.11. The molecule has 5 nitrogen and oxygen atoms in total. The largest absolute Gasteiger partial charge is 0.346 e. The van der Waals surface area contributed by atoms with Crippen LogP contribution in [0, 0.1) is 5.92 Å². The van der Waals surface area contributed by atoms with Gasteiger partial charge in [0.15, 0.2) is 0 Å². The first-order chi connectivity index (χ1) is 9.87. The molecule has 0 saturated heterocycles. The predicted octanol–water partition coefficient (Wildman–Crippen LogP) is 2.38. The normalized spacial score (nSPS) is 17.4. The molecule has 1 aliphatic rings. The number of nitrogens with one attached hydrogen (secondary N) is 1. The molecular weight excluding hydrogens is 286 g/mol. The summed E-state index contributed by atoms with van der Waals surface area (Å²) < 4.78 is 29.9. The number of rotatable bonds is 8. The van der Waals surface area contributed by atoms with E-state index in [0.29, 0.717) is 17.4 Å². The fourth-order valence-electron chi connectivity index (χ4n) is 2.63. The van der Waals surface area contributed by atoms with Crippen molar-refractivity contribution in [1.29, 1.82) is 0 Å². The molecule has 1 aromatic heterocycles. The standard InChI is InChI=1S/C15H27N3O2S/c1-4-13(7-12-5-6-12)17-21(19,20)15-8-14(9-16)18(10-15)11(2)3/h8,10-13,17H,4-7,9,16H2,1-3H3. The third-order valence-corrected chi connectivity index (χ3v) is 5.60. The van der Waals surface area contributed by atoms with Crippen LogP contribution in [-0.4, -0.2) is 19.0 Å². The van der Waals surface area contributed by atoms with Gasteiger partial charge in [-0.2, -0.15) is 0 Å². The minimum atomic E-state index is -3.46. The first-order valence-electron chi connectivity index (χ1n) is 7.80. The molecule has 1 aromatic rings. The molecule has 1 aliphatic carbocycles. The highest BCUT2D eigenvalue weighted by atomic mass is 32.2. The zero-order chi connectivity index (χ0) is 15.6. The molecule has 0 aliphatic heterocycles. The number of nitrogens with two attached hydrogens (primary N) is 1. The molecule has 0 radical (unpaired) electrons. The molecular formula is C15H27N3O2S. The summed E-state index contributed by atoms with van der Waals surface area (Å²) in [6, 6.07) is 1.92. The quantitative estimate of drug-likeness (QED) is 0.773. The molecule has 3 N–H and O–H groups in total. The number of aromatic nitrogens is 1. The maximum atomic E-state index is 12.5. The van der Waals surface area contributed by atoms with E-state index in [1.165, 1.54) is 12.8 Å². The molecule has 1 atom stereocenters. The van der Waals surface area contributed by atoms with Crippen molar-refractivity contribution >= 4 is 10.0 Å². The number of hydrogen-bond acceptors (Lipinski definition) is 3. The van der Waals surface area contributed by atoms with E-state index in [1.54, 1.807) is 12.3 Å². The zero-order valence-corrected chi connectivity index (χ0v) is 14.0. The van der Waals surface area contributed by atoms with Crippen molar-refractivity contribution in [2.75, 3.05) is 0 Å². The van der Waals surface area contributed by atoms with E-state index in [2.05, 4.69) is 4.72 Å². The van der Waals surface area contributed by atoms with Crippen LogP contribution in [0.15, 0.2) is 17.2 Å². The molecule has 6 heteroatoms. The van der Waals surface area contributed by atoms with Gasteiger partial charge in [-0.15, -0.1) is 0 Å².